The number of nitrogens with zero attached hydrogens (tertiary/aromatic N) is 3. The Morgan fingerprint density at radius 3 is 2.68 bits per heavy atom. The molecule has 3 aromatic rings. The van der Waals surface area contributed by atoms with Gasteiger partial charge in [-0.15, -0.1) is 11.3 Å². The second-order valence-electron chi connectivity index (χ2n) is 6.29. The predicted molar refractivity (Wildman–Crippen MR) is 105 cm³/mol. The number of nitrogens with one attached hydrogen (secondary N) is 1. The number of rotatable bonds is 4. The highest BCUT2D eigenvalue weighted by atomic mass is 32.2. The number of thiazole rings is 2. The van der Waals surface area contributed by atoms with Crippen molar-refractivity contribution in [1.82, 2.24) is 14.3 Å². The van der Waals surface area contributed by atoms with Gasteiger partial charge >= 0.3 is 10.2 Å². The summed E-state index contributed by atoms with van der Waals surface area (Å²) in [7, 11) is -3.57. The maximum Gasteiger partial charge on any atom is 0.303 e. The predicted octanol–water partition coefficient (Wildman–Crippen LogP) is 4.14. The largest absolute Gasteiger partial charge is 0.303 e. The summed E-state index contributed by atoms with van der Waals surface area (Å²) in [5.74, 6) is 0. The first-order valence-electron chi connectivity index (χ1n) is 8.44. The Balaban J connectivity index is 1.68. The molecule has 134 valence electrons. The van der Waals surface area contributed by atoms with E-state index in [-0.39, 0.29) is 6.04 Å². The molecular weight excluding hydrogens is 376 g/mol. The number of anilines is 1. The van der Waals surface area contributed by atoms with E-state index < -0.39 is 10.2 Å². The lowest BCUT2D eigenvalue weighted by Gasteiger charge is -2.33. The molecule has 1 aliphatic heterocycles. The molecule has 25 heavy (non-hydrogen) atoms. The van der Waals surface area contributed by atoms with Crippen LogP contribution in [0.2, 0.25) is 0 Å². The van der Waals surface area contributed by atoms with E-state index in [1.807, 2.05) is 26.0 Å². The SMILES string of the molecule is CCC1CCCCN1S(=O)(=O)Nc1nc2ccc3nc(C)sc3c2s1. The Bertz CT molecular complexity index is 1020. The van der Waals surface area contributed by atoms with Gasteiger partial charge in [0, 0.05) is 12.6 Å². The van der Waals surface area contributed by atoms with Crippen LogP contribution in [0.15, 0.2) is 12.1 Å². The molecule has 0 bridgehead atoms. The number of aryl methyl sites for hydroxylation is 1. The zero-order valence-electron chi connectivity index (χ0n) is 14.2. The second-order valence-corrected chi connectivity index (χ2v) is 10.1. The molecule has 0 amide bonds. The molecule has 1 unspecified atom stereocenters. The molecule has 4 rings (SSSR count). The summed E-state index contributed by atoms with van der Waals surface area (Å²) >= 11 is 3.00. The monoisotopic (exact) mass is 396 g/mol. The van der Waals surface area contributed by atoms with Crippen molar-refractivity contribution in [3.05, 3.63) is 17.1 Å². The number of fused-ring (bicyclic) bond motifs is 3. The molecule has 3 heterocycles. The fraction of sp³-hybridized carbons (Fsp3) is 0.500. The number of piperidine rings is 1. The van der Waals surface area contributed by atoms with Crippen molar-refractivity contribution >= 4 is 58.4 Å². The van der Waals surface area contributed by atoms with Crippen LogP contribution in [-0.4, -0.2) is 35.3 Å². The highest BCUT2D eigenvalue weighted by Crippen LogP contribution is 2.36. The molecule has 2 aromatic heterocycles. The van der Waals surface area contributed by atoms with Gasteiger partial charge in [0.15, 0.2) is 5.13 Å². The van der Waals surface area contributed by atoms with Gasteiger partial charge < -0.3 is 0 Å². The van der Waals surface area contributed by atoms with Crippen LogP contribution in [0.25, 0.3) is 20.4 Å². The molecule has 0 radical (unpaired) electrons. The van der Waals surface area contributed by atoms with Crippen LogP contribution in [0, 0.1) is 6.92 Å². The summed E-state index contributed by atoms with van der Waals surface area (Å²) in [4.78, 5) is 8.98. The lowest BCUT2D eigenvalue weighted by molar-refractivity contribution is 0.248. The fourth-order valence-corrected chi connectivity index (χ4v) is 7.14. The minimum Gasteiger partial charge on any atom is -0.246 e. The van der Waals surface area contributed by atoms with Crippen molar-refractivity contribution in [2.24, 2.45) is 0 Å². The van der Waals surface area contributed by atoms with E-state index in [0.29, 0.717) is 11.7 Å². The normalized spacial score (nSPS) is 19.7. The summed E-state index contributed by atoms with van der Waals surface area (Å²) in [6.45, 7) is 4.60. The van der Waals surface area contributed by atoms with Gasteiger partial charge in [0.1, 0.15) is 0 Å². The smallest absolute Gasteiger partial charge is 0.246 e. The van der Waals surface area contributed by atoms with Crippen molar-refractivity contribution in [3.8, 4) is 0 Å². The summed E-state index contributed by atoms with van der Waals surface area (Å²) in [6, 6.07) is 3.93. The highest BCUT2D eigenvalue weighted by molar-refractivity contribution is 7.90. The van der Waals surface area contributed by atoms with Crippen LogP contribution in [-0.2, 0) is 10.2 Å². The second kappa shape index (κ2) is 6.46. The Morgan fingerprint density at radius 1 is 1.20 bits per heavy atom. The number of aromatic nitrogens is 2. The fourth-order valence-electron chi connectivity index (χ4n) is 3.40. The summed E-state index contributed by atoms with van der Waals surface area (Å²) in [5, 5.41) is 1.42. The highest BCUT2D eigenvalue weighted by Gasteiger charge is 2.31. The lowest BCUT2D eigenvalue weighted by atomic mass is 10.0. The quantitative estimate of drug-likeness (QED) is 0.719. The summed E-state index contributed by atoms with van der Waals surface area (Å²) < 4.78 is 32.1. The Morgan fingerprint density at radius 2 is 1.92 bits per heavy atom. The Labute approximate surface area is 155 Å². The van der Waals surface area contributed by atoms with Gasteiger partial charge in [0.05, 0.1) is 25.4 Å². The molecule has 0 saturated carbocycles. The van der Waals surface area contributed by atoms with E-state index in [4.69, 9.17) is 0 Å². The van der Waals surface area contributed by atoms with E-state index in [1.165, 1.54) is 11.3 Å². The van der Waals surface area contributed by atoms with E-state index >= 15 is 0 Å². The van der Waals surface area contributed by atoms with Gasteiger partial charge in [-0.25, -0.2) is 14.7 Å². The molecule has 9 heteroatoms. The maximum absolute atomic E-state index is 12.8. The van der Waals surface area contributed by atoms with Crippen molar-refractivity contribution in [3.63, 3.8) is 0 Å². The summed E-state index contributed by atoms with van der Waals surface area (Å²) in [6.07, 6.45) is 3.77. The van der Waals surface area contributed by atoms with Crippen LogP contribution < -0.4 is 4.72 Å². The van der Waals surface area contributed by atoms with E-state index in [1.54, 1.807) is 15.6 Å². The minimum absolute atomic E-state index is 0.0801. The van der Waals surface area contributed by atoms with Crippen LogP contribution in [0.3, 0.4) is 0 Å². The average Bonchev–Trinajstić information content (AvgIpc) is 3.16. The standard InChI is InChI=1S/C16H20N4O2S3/c1-3-11-6-4-5-9-20(11)25(21,22)19-16-18-13-8-7-12-14(15(13)24-16)23-10(2)17-12/h7-8,11H,3-6,9H2,1-2H3,(H,18,19). The van der Waals surface area contributed by atoms with Gasteiger partial charge in [-0.2, -0.15) is 12.7 Å². The van der Waals surface area contributed by atoms with Crippen molar-refractivity contribution in [2.75, 3.05) is 11.3 Å². The van der Waals surface area contributed by atoms with E-state index in [0.717, 1.165) is 51.1 Å². The first-order chi connectivity index (χ1) is 12.0. The molecule has 0 aliphatic carbocycles. The maximum atomic E-state index is 12.8. The lowest BCUT2D eigenvalue weighted by Crippen LogP contribution is -2.45. The first kappa shape index (κ1) is 17.1. The third-order valence-electron chi connectivity index (χ3n) is 4.59. The Kier molecular flexibility index (Phi) is 4.43. The number of benzene rings is 1. The van der Waals surface area contributed by atoms with Gasteiger partial charge in [-0.05, 0) is 38.3 Å². The van der Waals surface area contributed by atoms with Crippen LogP contribution in [0.1, 0.15) is 37.6 Å². The molecule has 1 saturated heterocycles. The molecule has 1 fully saturated rings. The van der Waals surface area contributed by atoms with Gasteiger partial charge in [-0.1, -0.05) is 24.7 Å². The molecule has 1 aromatic carbocycles. The minimum atomic E-state index is -3.57. The van der Waals surface area contributed by atoms with Crippen LogP contribution in [0.5, 0.6) is 0 Å². The molecule has 1 N–H and O–H groups in total. The van der Waals surface area contributed by atoms with Gasteiger partial charge in [-0.3, -0.25) is 0 Å². The topological polar surface area (TPSA) is 75.2 Å². The average molecular weight is 397 g/mol. The molecular formula is C16H20N4O2S3. The molecule has 0 spiro atoms. The first-order valence-corrected chi connectivity index (χ1v) is 11.5. The van der Waals surface area contributed by atoms with E-state index in [2.05, 4.69) is 14.7 Å². The third kappa shape index (κ3) is 3.14. The van der Waals surface area contributed by atoms with E-state index in [9.17, 15) is 8.42 Å². The zero-order chi connectivity index (χ0) is 17.6. The number of hydrogen-bond acceptors (Lipinski definition) is 6. The van der Waals surface area contributed by atoms with Gasteiger partial charge in [0.25, 0.3) is 0 Å². The van der Waals surface area contributed by atoms with Crippen LogP contribution in [0.4, 0.5) is 5.13 Å². The van der Waals surface area contributed by atoms with Crippen LogP contribution >= 0.6 is 22.7 Å². The zero-order valence-corrected chi connectivity index (χ0v) is 16.6. The number of hydrogen-bond donors (Lipinski definition) is 1. The van der Waals surface area contributed by atoms with Crippen molar-refractivity contribution in [1.29, 1.82) is 0 Å². The molecule has 6 nitrogen and oxygen atoms in total. The molecule has 1 aliphatic rings. The van der Waals surface area contributed by atoms with Gasteiger partial charge in [0.2, 0.25) is 0 Å². The van der Waals surface area contributed by atoms with Crippen molar-refractivity contribution in [2.45, 2.75) is 45.6 Å². The van der Waals surface area contributed by atoms with Crippen molar-refractivity contribution < 1.29 is 8.42 Å². The Hall–Kier alpha value is -1.29. The summed E-state index contributed by atoms with van der Waals surface area (Å²) in [5.41, 5.74) is 1.75. The molecule has 1 atom stereocenters. The third-order valence-corrected chi connectivity index (χ3v) is 8.40.